The van der Waals surface area contributed by atoms with Gasteiger partial charge in [0, 0.05) is 18.5 Å². The van der Waals surface area contributed by atoms with Crippen LogP contribution in [-0.4, -0.2) is 29.3 Å². The first-order valence-corrected chi connectivity index (χ1v) is 6.08. The highest BCUT2D eigenvalue weighted by Crippen LogP contribution is 2.22. The Labute approximate surface area is 102 Å². The Bertz CT molecular complexity index is 358. The molecule has 2 rings (SSSR count). The molecule has 3 nitrogen and oxygen atoms in total. The number of hydrogen-bond donors (Lipinski definition) is 0. The number of piperidine rings is 1. The van der Waals surface area contributed by atoms with Crippen molar-refractivity contribution in [1.29, 1.82) is 0 Å². The molecule has 0 saturated carbocycles. The predicted octanol–water partition coefficient (Wildman–Crippen LogP) is 2.89. The average molecular weight is 293 g/mol. The number of halogens is 2. The quantitative estimate of drug-likeness (QED) is 0.746. The van der Waals surface area contributed by atoms with E-state index in [0.29, 0.717) is 10.2 Å². The Morgan fingerprint density at radius 3 is 2.73 bits per heavy atom. The van der Waals surface area contributed by atoms with Gasteiger partial charge in [-0.25, -0.2) is 0 Å². The zero-order valence-electron chi connectivity index (χ0n) is 8.08. The molecular weight excluding hydrogens is 281 g/mol. The van der Waals surface area contributed by atoms with Gasteiger partial charge in [-0.3, -0.25) is 4.79 Å². The number of likely N-dealkylation sites (tertiary alicyclic amines) is 1. The molecule has 2 heterocycles. The van der Waals surface area contributed by atoms with Crippen LogP contribution in [0.4, 0.5) is 0 Å². The van der Waals surface area contributed by atoms with Crippen molar-refractivity contribution < 1.29 is 9.21 Å². The minimum Gasteiger partial charge on any atom is -0.457 e. The summed E-state index contributed by atoms with van der Waals surface area (Å²) in [6, 6.07) is 1.68. The lowest BCUT2D eigenvalue weighted by atomic mass is 10.1. The van der Waals surface area contributed by atoms with E-state index < -0.39 is 0 Å². The summed E-state index contributed by atoms with van der Waals surface area (Å²) in [6.45, 7) is 1.45. The van der Waals surface area contributed by atoms with Crippen LogP contribution >= 0.6 is 27.5 Å². The SMILES string of the molecule is O=C(c1ccoc1Br)N1CCC(Cl)CC1. The smallest absolute Gasteiger partial charge is 0.258 e. The van der Waals surface area contributed by atoms with E-state index in [1.165, 1.54) is 6.26 Å². The number of carbonyl (C=O) groups is 1. The van der Waals surface area contributed by atoms with E-state index in [2.05, 4.69) is 15.9 Å². The third kappa shape index (κ3) is 2.37. The molecule has 1 fully saturated rings. The van der Waals surface area contributed by atoms with E-state index in [1.54, 1.807) is 6.07 Å². The third-order valence-corrected chi connectivity index (χ3v) is 3.61. The van der Waals surface area contributed by atoms with Crippen molar-refractivity contribution in [2.75, 3.05) is 13.1 Å². The van der Waals surface area contributed by atoms with Gasteiger partial charge in [0.1, 0.15) is 0 Å². The van der Waals surface area contributed by atoms with Gasteiger partial charge in [-0.15, -0.1) is 11.6 Å². The molecule has 82 valence electrons. The summed E-state index contributed by atoms with van der Waals surface area (Å²) >= 11 is 9.18. The Balaban J connectivity index is 2.06. The van der Waals surface area contributed by atoms with Gasteiger partial charge in [-0.2, -0.15) is 0 Å². The van der Waals surface area contributed by atoms with Gasteiger partial charge in [0.25, 0.3) is 5.91 Å². The molecule has 0 spiro atoms. The van der Waals surface area contributed by atoms with Crippen LogP contribution in [0.3, 0.4) is 0 Å². The average Bonchev–Trinajstić information content (AvgIpc) is 2.65. The van der Waals surface area contributed by atoms with Crippen LogP contribution in [0.1, 0.15) is 23.2 Å². The molecule has 15 heavy (non-hydrogen) atoms. The number of rotatable bonds is 1. The first kappa shape index (κ1) is 11.0. The van der Waals surface area contributed by atoms with Crippen LogP contribution < -0.4 is 0 Å². The summed E-state index contributed by atoms with van der Waals surface area (Å²) in [5.41, 5.74) is 0.586. The molecule has 0 unspecified atom stereocenters. The van der Waals surface area contributed by atoms with E-state index >= 15 is 0 Å². The molecule has 1 aliphatic rings. The Kier molecular flexibility index (Phi) is 3.36. The Hall–Kier alpha value is -0.480. The summed E-state index contributed by atoms with van der Waals surface area (Å²) in [5, 5.41) is 0.210. The predicted molar refractivity (Wildman–Crippen MR) is 61.2 cm³/mol. The highest BCUT2D eigenvalue weighted by Gasteiger charge is 2.24. The molecule has 1 aromatic heterocycles. The molecule has 0 aliphatic carbocycles. The number of amides is 1. The van der Waals surface area contributed by atoms with E-state index in [0.717, 1.165) is 25.9 Å². The van der Waals surface area contributed by atoms with Crippen molar-refractivity contribution in [3.8, 4) is 0 Å². The van der Waals surface area contributed by atoms with Crippen molar-refractivity contribution in [3.05, 3.63) is 22.6 Å². The molecule has 1 aromatic rings. The van der Waals surface area contributed by atoms with Crippen LogP contribution in [0, 0.1) is 0 Å². The number of furan rings is 1. The summed E-state index contributed by atoms with van der Waals surface area (Å²) in [4.78, 5) is 13.8. The molecule has 0 bridgehead atoms. The zero-order valence-corrected chi connectivity index (χ0v) is 10.4. The zero-order chi connectivity index (χ0) is 10.8. The van der Waals surface area contributed by atoms with E-state index in [-0.39, 0.29) is 11.3 Å². The molecule has 0 aromatic carbocycles. The molecular formula is C10H11BrClNO2. The topological polar surface area (TPSA) is 33.5 Å². The second-order valence-corrected chi connectivity index (χ2v) is 4.91. The first-order chi connectivity index (χ1) is 7.18. The van der Waals surface area contributed by atoms with Gasteiger partial charge < -0.3 is 9.32 Å². The summed E-state index contributed by atoms with van der Waals surface area (Å²) in [7, 11) is 0. The van der Waals surface area contributed by atoms with Crippen LogP contribution in [0.2, 0.25) is 0 Å². The minimum atomic E-state index is 0.0131. The maximum Gasteiger partial charge on any atom is 0.258 e. The highest BCUT2D eigenvalue weighted by molar-refractivity contribution is 9.10. The number of carbonyl (C=O) groups excluding carboxylic acids is 1. The maximum absolute atomic E-state index is 12.0. The highest BCUT2D eigenvalue weighted by atomic mass is 79.9. The summed E-state index contributed by atoms with van der Waals surface area (Å²) in [5.74, 6) is 0.0131. The molecule has 5 heteroatoms. The Morgan fingerprint density at radius 2 is 2.20 bits per heavy atom. The van der Waals surface area contributed by atoms with Gasteiger partial charge in [0.15, 0.2) is 4.67 Å². The monoisotopic (exact) mass is 291 g/mol. The summed E-state index contributed by atoms with van der Waals surface area (Å²) in [6.07, 6.45) is 3.23. The standard InChI is InChI=1S/C10H11BrClNO2/c11-9-8(3-6-15-9)10(14)13-4-1-7(12)2-5-13/h3,6-7H,1-2,4-5H2. The number of alkyl halides is 1. The van der Waals surface area contributed by atoms with Crippen molar-refractivity contribution in [3.63, 3.8) is 0 Å². The molecule has 1 amide bonds. The lowest BCUT2D eigenvalue weighted by molar-refractivity contribution is 0.0724. The molecule has 1 aliphatic heterocycles. The van der Waals surface area contributed by atoms with E-state index in [1.807, 2.05) is 4.90 Å². The normalized spacial score (nSPS) is 18.1. The number of hydrogen-bond acceptors (Lipinski definition) is 2. The van der Waals surface area contributed by atoms with Gasteiger partial charge in [0.05, 0.1) is 11.8 Å². The number of nitrogens with zero attached hydrogens (tertiary/aromatic N) is 1. The van der Waals surface area contributed by atoms with Gasteiger partial charge >= 0.3 is 0 Å². The molecule has 1 saturated heterocycles. The molecule has 0 N–H and O–H groups in total. The lowest BCUT2D eigenvalue weighted by Crippen LogP contribution is -2.38. The second-order valence-electron chi connectivity index (χ2n) is 3.57. The van der Waals surface area contributed by atoms with E-state index in [9.17, 15) is 4.79 Å². The minimum absolute atomic E-state index is 0.0131. The summed E-state index contributed by atoms with van der Waals surface area (Å²) < 4.78 is 5.54. The fraction of sp³-hybridized carbons (Fsp3) is 0.500. The third-order valence-electron chi connectivity index (χ3n) is 2.56. The largest absolute Gasteiger partial charge is 0.457 e. The molecule has 0 atom stereocenters. The van der Waals surface area contributed by atoms with Gasteiger partial charge in [0.2, 0.25) is 0 Å². The van der Waals surface area contributed by atoms with Gasteiger partial charge in [-0.1, -0.05) is 0 Å². The van der Waals surface area contributed by atoms with Crippen LogP contribution in [-0.2, 0) is 0 Å². The first-order valence-electron chi connectivity index (χ1n) is 4.85. The van der Waals surface area contributed by atoms with Crippen LogP contribution in [0.15, 0.2) is 21.4 Å². The van der Waals surface area contributed by atoms with Crippen LogP contribution in [0.5, 0.6) is 0 Å². The second kappa shape index (κ2) is 4.58. The van der Waals surface area contributed by atoms with Crippen molar-refractivity contribution in [2.24, 2.45) is 0 Å². The van der Waals surface area contributed by atoms with E-state index in [4.69, 9.17) is 16.0 Å². The Morgan fingerprint density at radius 1 is 1.53 bits per heavy atom. The van der Waals surface area contributed by atoms with Crippen molar-refractivity contribution in [1.82, 2.24) is 4.90 Å². The van der Waals surface area contributed by atoms with Crippen molar-refractivity contribution in [2.45, 2.75) is 18.2 Å². The fourth-order valence-corrected chi connectivity index (χ4v) is 2.27. The fourth-order valence-electron chi connectivity index (χ4n) is 1.67. The maximum atomic E-state index is 12.0. The van der Waals surface area contributed by atoms with Gasteiger partial charge in [-0.05, 0) is 34.8 Å². The van der Waals surface area contributed by atoms with Crippen molar-refractivity contribution >= 4 is 33.4 Å². The van der Waals surface area contributed by atoms with Crippen LogP contribution in [0.25, 0.3) is 0 Å². The lowest BCUT2D eigenvalue weighted by Gasteiger charge is -2.29. The molecule has 0 radical (unpaired) electrons.